The van der Waals surface area contributed by atoms with Crippen molar-refractivity contribution in [3.05, 3.63) is 34.9 Å². The molecule has 0 heterocycles. The average molecular weight is 300 g/mol. The minimum Gasteiger partial charge on any atom is -0.384 e. The first-order valence-corrected chi connectivity index (χ1v) is 7.48. The fraction of sp³-hybridized carbons (Fsp3) is 0.625. The summed E-state index contributed by atoms with van der Waals surface area (Å²) in [5.74, 6) is 0.970. The summed E-state index contributed by atoms with van der Waals surface area (Å²) in [7, 11) is 3.47. The SMILES string of the molecule is COCCNCC(Cc1ccccc1Cl)C(C)COC. The monoisotopic (exact) mass is 299 g/mol. The number of halogens is 1. The highest BCUT2D eigenvalue weighted by Crippen LogP contribution is 2.23. The molecule has 1 rings (SSSR count). The predicted octanol–water partition coefficient (Wildman–Crippen LogP) is 3.02. The minimum absolute atomic E-state index is 0.478. The second-order valence-electron chi connectivity index (χ2n) is 5.19. The van der Waals surface area contributed by atoms with Gasteiger partial charge in [-0.2, -0.15) is 0 Å². The van der Waals surface area contributed by atoms with E-state index in [0.717, 1.165) is 37.7 Å². The maximum absolute atomic E-state index is 6.26. The van der Waals surface area contributed by atoms with E-state index in [0.29, 0.717) is 11.8 Å². The zero-order valence-corrected chi connectivity index (χ0v) is 13.5. The lowest BCUT2D eigenvalue weighted by Gasteiger charge is -2.24. The van der Waals surface area contributed by atoms with Crippen LogP contribution in [0.25, 0.3) is 0 Å². The van der Waals surface area contributed by atoms with Crippen LogP contribution >= 0.6 is 11.6 Å². The van der Waals surface area contributed by atoms with Crippen LogP contribution in [0, 0.1) is 11.8 Å². The Balaban J connectivity index is 2.59. The number of hydrogen-bond acceptors (Lipinski definition) is 3. The zero-order chi connectivity index (χ0) is 14.8. The fourth-order valence-corrected chi connectivity index (χ4v) is 2.49. The minimum atomic E-state index is 0.478. The van der Waals surface area contributed by atoms with Gasteiger partial charge in [0.1, 0.15) is 0 Å². The van der Waals surface area contributed by atoms with Crippen molar-refractivity contribution >= 4 is 11.6 Å². The normalized spacial score (nSPS) is 14.2. The van der Waals surface area contributed by atoms with Gasteiger partial charge in [-0.1, -0.05) is 36.7 Å². The highest BCUT2D eigenvalue weighted by Gasteiger charge is 2.18. The summed E-state index contributed by atoms with van der Waals surface area (Å²) in [4.78, 5) is 0. The van der Waals surface area contributed by atoms with Crippen molar-refractivity contribution in [2.75, 3.05) is 40.5 Å². The van der Waals surface area contributed by atoms with Crippen LogP contribution in [-0.2, 0) is 15.9 Å². The predicted molar refractivity (Wildman–Crippen MR) is 84.4 cm³/mol. The highest BCUT2D eigenvalue weighted by molar-refractivity contribution is 6.31. The van der Waals surface area contributed by atoms with Crippen LogP contribution in [0.4, 0.5) is 0 Å². The smallest absolute Gasteiger partial charge is 0.0587 e. The van der Waals surface area contributed by atoms with E-state index >= 15 is 0 Å². The van der Waals surface area contributed by atoms with Gasteiger partial charge in [-0.05, 0) is 36.4 Å². The molecule has 0 saturated carbocycles. The second-order valence-corrected chi connectivity index (χ2v) is 5.59. The third-order valence-electron chi connectivity index (χ3n) is 3.56. The summed E-state index contributed by atoms with van der Waals surface area (Å²) in [6.07, 6.45) is 0.962. The van der Waals surface area contributed by atoms with Crippen molar-refractivity contribution in [1.82, 2.24) is 5.32 Å². The number of nitrogens with one attached hydrogen (secondary N) is 1. The number of ether oxygens (including phenoxy) is 2. The van der Waals surface area contributed by atoms with E-state index in [1.807, 2.05) is 18.2 Å². The first-order chi connectivity index (χ1) is 9.69. The maximum Gasteiger partial charge on any atom is 0.0587 e. The molecule has 0 bridgehead atoms. The van der Waals surface area contributed by atoms with Gasteiger partial charge in [0.15, 0.2) is 0 Å². The van der Waals surface area contributed by atoms with Gasteiger partial charge in [0.25, 0.3) is 0 Å². The molecule has 0 spiro atoms. The lowest BCUT2D eigenvalue weighted by molar-refractivity contribution is 0.126. The molecule has 3 nitrogen and oxygen atoms in total. The molecule has 0 aromatic heterocycles. The number of benzene rings is 1. The van der Waals surface area contributed by atoms with Crippen molar-refractivity contribution in [2.24, 2.45) is 11.8 Å². The topological polar surface area (TPSA) is 30.5 Å². The number of rotatable bonds is 10. The Morgan fingerprint density at radius 3 is 2.60 bits per heavy atom. The molecule has 114 valence electrons. The average Bonchev–Trinajstić information content (AvgIpc) is 2.44. The van der Waals surface area contributed by atoms with Crippen LogP contribution in [-0.4, -0.2) is 40.5 Å². The van der Waals surface area contributed by atoms with Crippen LogP contribution in [0.1, 0.15) is 12.5 Å². The molecule has 0 amide bonds. The molecule has 20 heavy (non-hydrogen) atoms. The summed E-state index contributed by atoms with van der Waals surface area (Å²) in [5.41, 5.74) is 1.20. The Bertz CT molecular complexity index is 373. The standard InChI is InChI=1S/C16H26ClNO2/c1-13(12-20-3)15(11-18-8-9-19-2)10-14-6-4-5-7-16(14)17/h4-7,13,15,18H,8-12H2,1-3H3. The molecular weight excluding hydrogens is 274 g/mol. The largest absolute Gasteiger partial charge is 0.384 e. The van der Waals surface area contributed by atoms with E-state index in [2.05, 4.69) is 18.3 Å². The van der Waals surface area contributed by atoms with Crippen LogP contribution in [0.2, 0.25) is 5.02 Å². The van der Waals surface area contributed by atoms with Gasteiger partial charge in [-0.15, -0.1) is 0 Å². The molecule has 4 heteroatoms. The summed E-state index contributed by atoms with van der Waals surface area (Å²) >= 11 is 6.26. The third-order valence-corrected chi connectivity index (χ3v) is 3.93. The maximum atomic E-state index is 6.26. The third kappa shape index (κ3) is 6.23. The lowest BCUT2D eigenvalue weighted by Crippen LogP contribution is -2.32. The molecule has 0 aliphatic rings. The van der Waals surface area contributed by atoms with Gasteiger partial charge in [-0.3, -0.25) is 0 Å². The van der Waals surface area contributed by atoms with Crippen molar-refractivity contribution < 1.29 is 9.47 Å². The van der Waals surface area contributed by atoms with E-state index in [4.69, 9.17) is 21.1 Å². The van der Waals surface area contributed by atoms with Crippen molar-refractivity contribution in [2.45, 2.75) is 13.3 Å². The van der Waals surface area contributed by atoms with Crippen LogP contribution < -0.4 is 5.32 Å². The lowest BCUT2D eigenvalue weighted by atomic mass is 9.88. The van der Waals surface area contributed by atoms with E-state index in [-0.39, 0.29) is 0 Å². The molecule has 0 radical (unpaired) electrons. The molecular formula is C16H26ClNO2. The van der Waals surface area contributed by atoms with Gasteiger partial charge in [0, 0.05) is 32.4 Å². The molecule has 0 aliphatic carbocycles. The van der Waals surface area contributed by atoms with Crippen molar-refractivity contribution in [3.63, 3.8) is 0 Å². The van der Waals surface area contributed by atoms with E-state index in [1.165, 1.54) is 5.56 Å². The Kier molecular flexibility index (Phi) is 8.86. The molecule has 0 aliphatic heterocycles. The Morgan fingerprint density at radius 2 is 1.95 bits per heavy atom. The number of methoxy groups -OCH3 is 2. The Labute approximate surface area is 127 Å². The van der Waals surface area contributed by atoms with E-state index in [9.17, 15) is 0 Å². The van der Waals surface area contributed by atoms with Gasteiger partial charge in [-0.25, -0.2) is 0 Å². The molecule has 1 N–H and O–H groups in total. The van der Waals surface area contributed by atoms with Crippen molar-refractivity contribution in [3.8, 4) is 0 Å². The van der Waals surface area contributed by atoms with Gasteiger partial charge < -0.3 is 14.8 Å². The molecule has 0 fully saturated rings. The first-order valence-electron chi connectivity index (χ1n) is 7.11. The molecule has 1 aromatic rings. The van der Waals surface area contributed by atoms with E-state index < -0.39 is 0 Å². The number of hydrogen-bond donors (Lipinski definition) is 1. The summed E-state index contributed by atoms with van der Waals surface area (Å²) < 4.78 is 10.4. The summed E-state index contributed by atoms with van der Waals surface area (Å²) in [5, 5.41) is 4.29. The van der Waals surface area contributed by atoms with Gasteiger partial charge >= 0.3 is 0 Å². The van der Waals surface area contributed by atoms with Crippen LogP contribution in [0.3, 0.4) is 0 Å². The van der Waals surface area contributed by atoms with Gasteiger partial charge in [0.05, 0.1) is 6.61 Å². The van der Waals surface area contributed by atoms with Crippen LogP contribution in [0.5, 0.6) is 0 Å². The molecule has 0 saturated heterocycles. The van der Waals surface area contributed by atoms with Crippen molar-refractivity contribution in [1.29, 1.82) is 0 Å². The quantitative estimate of drug-likeness (QED) is 0.674. The van der Waals surface area contributed by atoms with E-state index in [1.54, 1.807) is 14.2 Å². The zero-order valence-electron chi connectivity index (χ0n) is 12.7. The second kappa shape index (κ2) is 10.2. The summed E-state index contributed by atoms with van der Waals surface area (Å²) in [6.45, 7) is 5.54. The Hall–Kier alpha value is -0.610. The molecule has 2 atom stereocenters. The van der Waals surface area contributed by atoms with Gasteiger partial charge in [0.2, 0.25) is 0 Å². The van der Waals surface area contributed by atoms with Crippen LogP contribution in [0.15, 0.2) is 24.3 Å². The summed E-state index contributed by atoms with van der Waals surface area (Å²) in [6, 6.07) is 8.06. The Morgan fingerprint density at radius 1 is 1.20 bits per heavy atom. The fourth-order valence-electron chi connectivity index (χ4n) is 2.28. The first kappa shape index (κ1) is 17.4. The molecule has 1 aromatic carbocycles. The highest BCUT2D eigenvalue weighted by atomic mass is 35.5. The molecule has 2 unspecified atom stereocenters.